The van der Waals surface area contributed by atoms with Gasteiger partial charge in [-0.05, 0) is 32.2 Å². The Kier molecular flexibility index (Phi) is 4.84. The maximum Gasteiger partial charge on any atom is 0.338 e. The molecule has 1 N–H and O–H groups in total. The van der Waals surface area contributed by atoms with Gasteiger partial charge in [0.05, 0.1) is 10.6 Å². The molecule has 0 amide bonds. The standard InChI is InChI=1S/C13H13ClN2O5S/c1-8-5-10(16-21-8)7-20-13(17)9-3-4-11(14)12(6-9)22(18,19)15-2/h3-6,15H,7H2,1-2H3. The van der Waals surface area contributed by atoms with E-state index < -0.39 is 16.0 Å². The van der Waals surface area contributed by atoms with Gasteiger partial charge in [0.2, 0.25) is 10.0 Å². The van der Waals surface area contributed by atoms with E-state index >= 15 is 0 Å². The van der Waals surface area contributed by atoms with Gasteiger partial charge in [0.1, 0.15) is 23.0 Å². The Morgan fingerprint density at radius 2 is 2.14 bits per heavy atom. The number of ether oxygens (including phenoxy) is 1. The van der Waals surface area contributed by atoms with Crippen molar-refractivity contribution < 1.29 is 22.5 Å². The van der Waals surface area contributed by atoms with Crippen molar-refractivity contribution in [2.75, 3.05) is 7.05 Å². The number of benzene rings is 1. The third-order valence-electron chi connectivity index (χ3n) is 2.75. The number of aromatic nitrogens is 1. The molecule has 0 unspecified atom stereocenters. The number of sulfonamides is 1. The van der Waals surface area contributed by atoms with Crippen LogP contribution in [-0.2, 0) is 21.4 Å². The van der Waals surface area contributed by atoms with Crippen LogP contribution in [0.4, 0.5) is 0 Å². The van der Waals surface area contributed by atoms with E-state index in [-0.39, 0.29) is 22.1 Å². The Balaban J connectivity index is 2.18. The molecule has 1 aromatic carbocycles. The van der Waals surface area contributed by atoms with Crippen LogP contribution in [0.5, 0.6) is 0 Å². The lowest BCUT2D eigenvalue weighted by Gasteiger charge is -2.07. The van der Waals surface area contributed by atoms with Gasteiger partial charge in [-0.2, -0.15) is 0 Å². The molecule has 0 atom stereocenters. The highest BCUT2D eigenvalue weighted by Gasteiger charge is 2.19. The van der Waals surface area contributed by atoms with E-state index in [1.807, 2.05) is 0 Å². The minimum Gasteiger partial charge on any atom is -0.455 e. The molecule has 118 valence electrons. The lowest BCUT2D eigenvalue weighted by Crippen LogP contribution is -2.19. The molecule has 1 aromatic heterocycles. The summed E-state index contributed by atoms with van der Waals surface area (Å²) in [7, 11) is -2.51. The Labute approximate surface area is 132 Å². The molecule has 2 rings (SSSR count). The fourth-order valence-corrected chi connectivity index (χ4v) is 2.90. The number of nitrogens with zero attached hydrogens (tertiary/aromatic N) is 1. The Bertz CT molecular complexity index is 801. The number of rotatable bonds is 5. The first-order chi connectivity index (χ1) is 10.3. The summed E-state index contributed by atoms with van der Waals surface area (Å²) in [6.45, 7) is 1.64. The SMILES string of the molecule is CNS(=O)(=O)c1cc(C(=O)OCc2cc(C)on2)ccc1Cl. The minimum atomic E-state index is -3.77. The van der Waals surface area contributed by atoms with E-state index in [0.29, 0.717) is 11.5 Å². The zero-order valence-corrected chi connectivity index (χ0v) is 13.4. The number of nitrogens with one attached hydrogen (secondary N) is 1. The molecule has 22 heavy (non-hydrogen) atoms. The maximum atomic E-state index is 12.0. The Morgan fingerprint density at radius 1 is 1.41 bits per heavy atom. The largest absolute Gasteiger partial charge is 0.455 e. The second-order valence-corrected chi connectivity index (χ2v) is 6.62. The molecule has 2 aromatic rings. The van der Waals surface area contributed by atoms with Crippen molar-refractivity contribution in [3.05, 3.63) is 46.3 Å². The van der Waals surface area contributed by atoms with Crippen molar-refractivity contribution in [2.45, 2.75) is 18.4 Å². The van der Waals surface area contributed by atoms with Crippen LogP contribution in [0.25, 0.3) is 0 Å². The average Bonchev–Trinajstić information content (AvgIpc) is 2.90. The third-order valence-corrected chi connectivity index (χ3v) is 4.65. The van der Waals surface area contributed by atoms with Crippen LogP contribution in [0.3, 0.4) is 0 Å². The topological polar surface area (TPSA) is 98.5 Å². The zero-order chi connectivity index (χ0) is 16.3. The first-order valence-corrected chi connectivity index (χ1v) is 8.02. The molecule has 0 aliphatic carbocycles. The molecular weight excluding hydrogens is 332 g/mol. The van der Waals surface area contributed by atoms with Crippen LogP contribution in [0.15, 0.2) is 33.7 Å². The van der Waals surface area contributed by atoms with E-state index in [0.717, 1.165) is 6.07 Å². The van der Waals surface area contributed by atoms with Crippen molar-refractivity contribution >= 4 is 27.6 Å². The maximum absolute atomic E-state index is 12.0. The Morgan fingerprint density at radius 3 is 2.73 bits per heavy atom. The number of esters is 1. The van der Waals surface area contributed by atoms with Gasteiger partial charge < -0.3 is 9.26 Å². The van der Waals surface area contributed by atoms with Crippen LogP contribution < -0.4 is 4.72 Å². The van der Waals surface area contributed by atoms with Crippen LogP contribution >= 0.6 is 11.6 Å². The first-order valence-electron chi connectivity index (χ1n) is 6.16. The zero-order valence-electron chi connectivity index (χ0n) is 11.8. The summed E-state index contributed by atoms with van der Waals surface area (Å²) in [5.41, 5.74) is 0.529. The number of hydrogen-bond acceptors (Lipinski definition) is 6. The molecule has 0 bridgehead atoms. The van der Waals surface area contributed by atoms with E-state index in [1.165, 1.54) is 19.2 Å². The second-order valence-electron chi connectivity index (χ2n) is 4.36. The van der Waals surface area contributed by atoms with Crippen molar-refractivity contribution in [3.63, 3.8) is 0 Å². The van der Waals surface area contributed by atoms with Crippen LogP contribution in [0.1, 0.15) is 21.8 Å². The molecular formula is C13H13ClN2O5S. The summed E-state index contributed by atoms with van der Waals surface area (Å²) in [4.78, 5) is 11.8. The number of halogens is 1. The monoisotopic (exact) mass is 344 g/mol. The molecule has 9 heteroatoms. The highest BCUT2D eigenvalue weighted by molar-refractivity contribution is 7.89. The van der Waals surface area contributed by atoms with Crippen molar-refractivity contribution in [2.24, 2.45) is 0 Å². The fraction of sp³-hybridized carbons (Fsp3) is 0.231. The summed E-state index contributed by atoms with van der Waals surface area (Å²) in [6.07, 6.45) is 0. The fourth-order valence-electron chi connectivity index (χ4n) is 1.66. The minimum absolute atomic E-state index is 0.0121. The highest BCUT2D eigenvalue weighted by atomic mass is 35.5. The van der Waals surface area contributed by atoms with Gasteiger partial charge in [0.25, 0.3) is 0 Å². The number of hydrogen-bond donors (Lipinski definition) is 1. The molecule has 0 aliphatic heterocycles. The Hall–Kier alpha value is -1.90. The average molecular weight is 345 g/mol. The summed E-state index contributed by atoms with van der Waals surface area (Å²) in [6, 6.07) is 5.49. The third kappa shape index (κ3) is 3.65. The van der Waals surface area contributed by atoms with E-state index in [9.17, 15) is 13.2 Å². The molecule has 0 aliphatic rings. The molecule has 0 spiro atoms. The van der Waals surface area contributed by atoms with Gasteiger partial charge in [-0.15, -0.1) is 0 Å². The highest BCUT2D eigenvalue weighted by Crippen LogP contribution is 2.23. The quantitative estimate of drug-likeness (QED) is 0.832. The van der Waals surface area contributed by atoms with Gasteiger partial charge in [0.15, 0.2) is 0 Å². The molecule has 7 nitrogen and oxygen atoms in total. The smallest absolute Gasteiger partial charge is 0.338 e. The second kappa shape index (κ2) is 6.47. The molecule has 0 saturated heterocycles. The van der Waals surface area contributed by atoms with Gasteiger partial charge in [-0.25, -0.2) is 17.9 Å². The van der Waals surface area contributed by atoms with Crippen LogP contribution in [0, 0.1) is 6.92 Å². The molecule has 1 heterocycles. The number of aryl methyl sites for hydroxylation is 1. The summed E-state index contributed by atoms with van der Waals surface area (Å²) in [5, 5.41) is 3.70. The lowest BCUT2D eigenvalue weighted by molar-refractivity contribution is 0.0464. The predicted octanol–water partition coefficient (Wildman–Crippen LogP) is 1.90. The van der Waals surface area contributed by atoms with Gasteiger partial charge in [-0.1, -0.05) is 16.8 Å². The van der Waals surface area contributed by atoms with E-state index in [1.54, 1.807) is 13.0 Å². The molecule has 0 radical (unpaired) electrons. The van der Waals surface area contributed by atoms with Crippen LogP contribution in [-0.4, -0.2) is 26.6 Å². The number of carbonyl (C=O) groups excluding carboxylic acids is 1. The lowest BCUT2D eigenvalue weighted by atomic mass is 10.2. The summed E-state index contributed by atoms with van der Waals surface area (Å²) >= 11 is 5.85. The van der Waals surface area contributed by atoms with Crippen molar-refractivity contribution in [3.8, 4) is 0 Å². The van der Waals surface area contributed by atoms with Gasteiger partial charge in [0, 0.05) is 6.07 Å². The molecule has 0 fully saturated rings. The van der Waals surface area contributed by atoms with Crippen molar-refractivity contribution in [1.82, 2.24) is 9.88 Å². The van der Waals surface area contributed by atoms with Gasteiger partial charge in [-0.3, -0.25) is 0 Å². The normalized spacial score (nSPS) is 11.4. The number of carbonyl (C=O) groups is 1. The van der Waals surface area contributed by atoms with E-state index in [2.05, 4.69) is 9.88 Å². The van der Waals surface area contributed by atoms with E-state index in [4.69, 9.17) is 20.9 Å². The van der Waals surface area contributed by atoms with Crippen LogP contribution in [0.2, 0.25) is 5.02 Å². The summed E-state index contributed by atoms with van der Waals surface area (Å²) in [5.74, 6) is -0.0928. The summed E-state index contributed by atoms with van der Waals surface area (Å²) < 4.78 is 35.7. The van der Waals surface area contributed by atoms with Crippen molar-refractivity contribution in [1.29, 1.82) is 0 Å². The first kappa shape index (κ1) is 16.5. The van der Waals surface area contributed by atoms with Gasteiger partial charge >= 0.3 is 5.97 Å². The molecule has 0 saturated carbocycles. The predicted molar refractivity (Wildman–Crippen MR) is 78.1 cm³/mol.